The number of aromatic hydroxyl groups is 3. The van der Waals surface area contributed by atoms with Crippen molar-refractivity contribution in [2.75, 3.05) is 27.8 Å². The van der Waals surface area contributed by atoms with Gasteiger partial charge < -0.3 is 43.2 Å². The summed E-state index contributed by atoms with van der Waals surface area (Å²) in [6.45, 7) is 0. The third kappa shape index (κ3) is 15.3. The van der Waals surface area contributed by atoms with Crippen LogP contribution in [0.4, 0.5) is 64.4 Å². The highest BCUT2D eigenvalue weighted by Crippen LogP contribution is 2.39. The number of carbonyl (C=O) groups excluding carboxylic acids is 3. The number of phenols is 3. The van der Waals surface area contributed by atoms with Crippen LogP contribution in [0.25, 0.3) is 0 Å². The van der Waals surface area contributed by atoms with Crippen LogP contribution in [0.2, 0.25) is 0 Å². The summed E-state index contributed by atoms with van der Waals surface area (Å²) in [4.78, 5) is 72.7. The quantitative estimate of drug-likeness (QED) is 0.0168. The van der Waals surface area contributed by atoms with E-state index in [1.54, 1.807) is 0 Å². The first-order valence-corrected chi connectivity index (χ1v) is 17.8. The average Bonchev–Trinajstić information content (AvgIpc) is 3.25. The van der Waals surface area contributed by atoms with E-state index in [2.05, 4.69) is 10.6 Å². The number of nitrogen functional groups attached to an aromatic ring is 3. The summed E-state index contributed by atoms with van der Waals surface area (Å²) in [6, 6.07) is 20.0. The number of amides is 2. The summed E-state index contributed by atoms with van der Waals surface area (Å²) in [5.41, 5.74) is 13.5. The van der Waals surface area contributed by atoms with Gasteiger partial charge in [-0.25, -0.2) is 13.2 Å². The van der Waals surface area contributed by atoms with Crippen molar-refractivity contribution in [3.63, 3.8) is 0 Å². The van der Waals surface area contributed by atoms with Gasteiger partial charge in [-0.05, 0) is 96.5 Å². The zero-order valence-electron chi connectivity index (χ0n) is 32.8. The number of benzene rings is 6. The van der Waals surface area contributed by atoms with Crippen LogP contribution in [0.3, 0.4) is 0 Å². The highest BCUT2D eigenvalue weighted by molar-refractivity contribution is 6.67. The number of rotatable bonds is 9. The minimum atomic E-state index is -1.02. The number of carbonyl (C=O) groups is 3. The van der Waals surface area contributed by atoms with E-state index in [1.807, 2.05) is 0 Å². The lowest BCUT2D eigenvalue weighted by Crippen LogP contribution is -2.12. The number of nitrogens with zero attached hydrogens (tertiary/aromatic N) is 4. The number of halogens is 4. The third-order valence-corrected chi connectivity index (χ3v) is 8.15. The van der Waals surface area contributed by atoms with E-state index in [9.17, 15) is 78.2 Å². The van der Waals surface area contributed by atoms with Crippen molar-refractivity contribution in [1.29, 1.82) is 0 Å². The van der Waals surface area contributed by atoms with Gasteiger partial charge in [-0.15, -0.1) is 0 Å². The molecule has 27 heteroatoms. The topological polar surface area (TPSA) is 387 Å². The summed E-state index contributed by atoms with van der Waals surface area (Å²) < 4.78 is 37.7. The molecule has 0 spiro atoms. The first kappa shape index (κ1) is 53.5. The fourth-order valence-corrected chi connectivity index (χ4v) is 4.89. The molecule has 0 aromatic heterocycles. The number of nitro groups is 4. The minimum absolute atomic E-state index is 0. The molecule has 6 rings (SSSR count). The molecule has 0 bridgehead atoms. The van der Waals surface area contributed by atoms with Gasteiger partial charge in [0.25, 0.3) is 28.4 Å². The molecule has 6 aromatic carbocycles. The Morgan fingerprint density at radius 1 is 0.507 bits per heavy atom. The predicted octanol–water partition coefficient (Wildman–Crippen LogP) is 8.43. The highest BCUT2D eigenvalue weighted by atomic mass is 35.5. The molecule has 2 amide bonds. The molecule has 0 aliphatic carbocycles. The molecule has 0 heterocycles. The standard InChI is InChI=1S/C13H8FN3O6.C13H12FN3O2.C7H4ClFO.C6H5N3O5.CH4.H2/c14-8-3-1-7(2-4-8)13(19)15-10-5-9(16(20)21)6-11(12(10)18)17(22)23;14-8-3-1-7(2-4-8)13(19)17-11-6-9(15)5-10(16)12(11)18;8-7(10)5-1-3-6(9)4-2-5;7-4-1-3(8(11)12)2-5(6(4)10)9(13)14;;/h1-6,18H,(H,15,19);1-6,18H,15-16H2,(H,17,19);1-4H;1-2,10H,7H2;1H4;1H. The molecule has 6 aromatic rings. The lowest BCUT2D eigenvalue weighted by atomic mass is 10.2. The molecular formula is C40H35ClF3N9O14. The Kier molecular flexibility index (Phi) is 19.0. The first-order chi connectivity index (χ1) is 30.9. The lowest BCUT2D eigenvalue weighted by molar-refractivity contribution is -0.394. The number of hydrogen-bond donors (Lipinski definition) is 8. The second-order valence-electron chi connectivity index (χ2n) is 12.5. The number of nitrogens with two attached hydrogens (primary N) is 3. The summed E-state index contributed by atoms with van der Waals surface area (Å²) in [7, 11) is 0. The Balaban J connectivity index is 0.000000467. The van der Waals surface area contributed by atoms with E-state index in [1.165, 1.54) is 60.7 Å². The zero-order chi connectivity index (χ0) is 49.6. The molecule has 0 aliphatic heterocycles. The third-order valence-electron chi connectivity index (χ3n) is 7.94. The smallest absolute Gasteiger partial charge is 0.319 e. The number of anilines is 5. The molecule has 0 saturated carbocycles. The van der Waals surface area contributed by atoms with E-state index >= 15 is 0 Å². The first-order valence-electron chi connectivity index (χ1n) is 17.4. The van der Waals surface area contributed by atoms with E-state index in [-0.39, 0.29) is 42.9 Å². The van der Waals surface area contributed by atoms with Crippen LogP contribution in [0.5, 0.6) is 17.2 Å². The second-order valence-corrected chi connectivity index (χ2v) is 12.8. The molecule has 11 N–H and O–H groups in total. The number of nitrogens with one attached hydrogen (secondary N) is 2. The van der Waals surface area contributed by atoms with Gasteiger partial charge in [-0.3, -0.25) is 54.8 Å². The maximum atomic E-state index is 12.8. The Bertz CT molecular complexity index is 2850. The molecule has 0 unspecified atom stereocenters. The van der Waals surface area contributed by atoms with Crippen molar-refractivity contribution < 1.29 is 64.0 Å². The number of nitro benzene ring substituents is 4. The number of hydrogen-bond acceptors (Lipinski definition) is 17. The van der Waals surface area contributed by atoms with E-state index in [0.717, 1.165) is 36.4 Å². The van der Waals surface area contributed by atoms with E-state index in [0.29, 0.717) is 23.4 Å². The maximum absolute atomic E-state index is 12.8. The van der Waals surface area contributed by atoms with Crippen LogP contribution in [-0.4, -0.2) is 52.1 Å². The summed E-state index contributed by atoms with van der Waals surface area (Å²) in [5, 5.41) is 74.8. The zero-order valence-corrected chi connectivity index (χ0v) is 33.5. The molecule has 0 aliphatic rings. The van der Waals surface area contributed by atoms with E-state index < -0.39 is 94.0 Å². The van der Waals surface area contributed by atoms with Crippen LogP contribution in [0.15, 0.2) is 109 Å². The van der Waals surface area contributed by atoms with Gasteiger partial charge in [0.2, 0.25) is 11.5 Å². The van der Waals surface area contributed by atoms with Crippen molar-refractivity contribution >= 4 is 79.8 Å². The summed E-state index contributed by atoms with van der Waals surface area (Å²) in [5.74, 6) is -4.65. The lowest BCUT2D eigenvalue weighted by Gasteiger charge is -2.10. The van der Waals surface area contributed by atoms with Gasteiger partial charge in [0.05, 0.1) is 54.6 Å². The van der Waals surface area contributed by atoms with Gasteiger partial charge >= 0.3 is 11.4 Å². The maximum Gasteiger partial charge on any atom is 0.319 e. The van der Waals surface area contributed by atoms with Gasteiger partial charge in [-0.1, -0.05) is 7.43 Å². The van der Waals surface area contributed by atoms with Crippen molar-refractivity contribution in [1.82, 2.24) is 0 Å². The summed E-state index contributed by atoms with van der Waals surface area (Å²) >= 11 is 5.09. The molecule has 0 radical (unpaired) electrons. The Hall–Kier alpha value is -9.59. The van der Waals surface area contributed by atoms with Crippen molar-refractivity contribution in [3.8, 4) is 17.2 Å². The van der Waals surface area contributed by atoms with Crippen molar-refractivity contribution in [3.05, 3.63) is 184 Å². The van der Waals surface area contributed by atoms with Crippen LogP contribution in [0.1, 0.15) is 39.9 Å². The van der Waals surface area contributed by atoms with Gasteiger partial charge in [0.15, 0.2) is 5.75 Å². The van der Waals surface area contributed by atoms with E-state index in [4.69, 9.17) is 33.9 Å². The second kappa shape index (κ2) is 23.7. The van der Waals surface area contributed by atoms with Crippen molar-refractivity contribution in [2.24, 2.45) is 0 Å². The Morgan fingerprint density at radius 2 is 0.851 bits per heavy atom. The van der Waals surface area contributed by atoms with Gasteiger partial charge in [0, 0.05) is 35.9 Å². The Morgan fingerprint density at radius 3 is 1.22 bits per heavy atom. The molecule has 352 valence electrons. The molecule has 23 nitrogen and oxygen atoms in total. The van der Waals surface area contributed by atoms with Gasteiger partial charge in [-0.2, -0.15) is 0 Å². The fraction of sp³-hybridized carbons (Fsp3) is 0.0250. The van der Waals surface area contributed by atoms with Crippen LogP contribution >= 0.6 is 11.6 Å². The SMILES string of the molecule is C.Nc1cc(N)c(O)c(NC(=O)c2ccc(F)cc2)c1.Nc1cc([N+](=O)[O-])cc([N+](=O)[O-])c1O.O=C(Cl)c1ccc(F)cc1.O=C(Nc1cc([N+](=O)[O-])cc([N+](=O)[O-])c1O)c1ccc(F)cc1.[HH]. The highest BCUT2D eigenvalue weighted by Gasteiger charge is 2.25. The number of phenolic OH excluding ortho intramolecular Hbond substituents is 3. The Labute approximate surface area is 379 Å². The summed E-state index contributed by atoms with van der Waals surface area (Å²) in [6.07, 6.45) is 0. The van der Waals surface area contributed by atoms with Crippen LogP contribution in [0, 0.1) is 57.9 Å². The molecular weight excluding hydrogens is 923 g/mol. The van der Waals surface area contributed by atoms with Gasteiger partial charge in [0.1, 0.15) is 17.5 Å². The molecule has 0 saturated heterocycles. The van der Waals surface area contributed by atoms with Crippen molar-refractivity contribution in [2.45, 2.75) is 7.43 Å². The normalized spacial score (nSPS) is 9.79. The largest absolute Gasteiger partial charge is 0.504 e. The average molecular weight is 958 g/mol. The molecule has 0 atom stereocenters. The predicted molar refractivity (Wildman–Crippen MR) is 238 cm³/mol. The molecule has 0 fully saturated rings. The minimum Gasteiger partial charge on any atom is -0.504 e. The fourth-order valence-electron chi connectivity index (χ4n) is 4.76. The number of non-ortho nitro benzene ring substituents is 2. The molecule has 67 heavy (non-hydrogen) atoms. The van der Waals surface area contributed by atoms with Crippen LogP contribution in [-0.2, 0) is 0 Å². The van der Waals surface area contributed by atoms with Crippen LogP contribution < -0.4 is 27.8 Å². The monoisotopic (exact) mass is 957 g/mol.